The van der Waals surface area contributed by atoms with Gasteiger partial charge in [0, 0.05) is 12.2 Å². The first-order chi connectivity index (χ1) is 10.1. The highest BCUT2D eigenvalue weighted by Crippen LogP contribution is 2.38. The van der Waals surface area contributed by atoms with Gasteiger partial charge in [-0.2, -0.15) is 0 Å². The molecule has 0 spiro atoms. The lowest BCUT2D eigenvalue weighted by atomic mass is 10.1. The summed E-state index contributed by atoms with van der Waals surface area (Å²) >= 11 is 6.24. The fourth-order valence-electron chi connectivity index (χ4n) is 2.32. The Morgan fingerprint density at radius 1 is 1.05 bits per heavy atom. The Bertz CT molecular complexity index is 670. The third kappa shape index (κ3) is 3.08. The van der Waals surface area contributed by atoms with Crippen LogP contribution in [-0.4, -0.2) is 13.2 Å². The maximum Gasteiger partial charge on any atom is 0.179 e. The highest BCUT2D eigenvalue weighted by Gasteiger charge is 2.16. The van der Waals surface area contributed by atoms with Gasteiger partial charge in [-0.05, 0) is 54.8 Å². The molecule has 1 heterocycles. The molecule has 3 rings (SSSR count). The largest absolute Gasteiger partial charge is 0.486 e. The quantitative estimate of drug-likeness (QED) is 0.915. The number of halogens is 1. The van der Waals surface area contributed by atoms with Crippen LogP contribution >= 0.6 is 11.6 Å². The highest BCUT2D eigenvalue weighted by atomic mass is 35.5. The van der Waals surface area contributed by atoms with E-state index >= 15 is 0 Å². The van der Waals surface area contributed by atoms with E-state index in [2.05, 4.69) is 37.4 Å². The van der Waals surface area contributed by atoms with Gasteiger partial charge in [0.15, 0.2) is 11.5 Å². The second-order valence-corrected chi connectivity index (χ2v) is 5.66. The molecule has 1 aliphatic rings. The topological polar surface area (TPSA) is 30.5 Å². The molecule has 3 nitrogen and oxygen atoms in total. The molecule has 0 atom stereocenters. The van der Waals surface area contributed by atoms with Crippen molar-refractivity contribution >= 4 is 17.3 Å². The first-order valence-corrected chi connectivity index (χ1v) is 7.40. The molecule has 21 heavy (non-hydrogen) atoms. The van der Waals surface area contributed by atoms with Crippen LogP contribution in [-0.2, 0) is 6.54 Å². The molecular weight excluding hydrogens is 286 g/mol. The van der Waals surface area contributed by atoms with Crippen LogP contribution < -0.4 is 14.8 Å². The first kappa shape index (κ1) is 14.1. The summed E-state index contributed by atoms with van der Waals surface area (Å²) in [5.41, 5.74) is 4.75. The molecule has 0 aromatic heterocycles. The van der Waals surface area contributed by atoms with Crippen LogP contribution in [0.3, 0.4) is 0 Å². The minimum Gasteiger partial charge on any atom is -0.486 e. The minimum absolute atomic E-state index is 0.549. The SMILES string of the molecule is Cc1ccc(NCc2cc(Cl)c3c(c2)OCCO3)cc1C. The number of hydrogen-bond donors (Lipinski definition) is 1. The van der Waals surface area contributed by atoms with E-state index in [1.165, 1.54) is 11.1 Å². The predicted octanol–water partition coefficient (Wildman–Crippen LogP) is 4.34. The smallest absolute Gasteiger partial charge is 0.179 e. The van der Waals surface area contributed by atoms with Crippen molar-refractivity contribution in [1.29, 1.82) is 0 Å². The monoisotopic (exact) mass is 303 g/mol. The summed E-state index contributed by atoms with van der Waals surface area (Å²) in [6.07, 6.45) is 0. The maximum absolute atomic E-state index is 6.24. The molecule has 0 fully saturated rings. The number of aryl methyl sites for hydroxylation is 2. The third-order valence-electron chi connectivity index (χ3n) is 3.66. The fourth-order valence-corrected chi connectivity index (χ4v) is 2.61. The second kappa shape index (κ2) is 5.86. The van der Waals surface area contributed by atoms with E-state index in [1.807, 2.05) is 12.1 Å². The predicted molar refractivity (Wildman–Crippen MR) is 85.7 cm³/mol. The number of ether oxygens (including phenoxy) is 2. The lowest BCUT2D eigenvalue weighted by Crippen LogP contribution is -2.16. The van der Waals surface area contributed by atoms with Crippen molar-refractivity contribution in [1.82, 2.24) is 0 Å². The van der Waals surface area contributed by atoms with Crippen LogP contribution in [0.1, 0.15) is 16.7 Å². The number of anilines is 1. The zero-order valence-electron chi connectivity index (χ0n) is 12.2. The van der Waals surface area contributed by atoms with E-state index in [0.29, 0.717) is 30.5 Å². The van der Waals surface area contributed by atoms with E-state index in [0.717, 1.165) is 17.0 Å². The van der Waals surface area contributed by atoms with Crippen molar-refractivity contribution in [2.75, 3.05) is 18.5 Å². The lowest BCUT2D eigenvalue weighted by molar-refractivity contribution is 0.171. The summed E-state index contributed by atoms with van der Waals surface area (Å²) in [4.78, 5) is 0. The van der Waals surface area contributed by atoms with Gasteiger partial charge in [0.1, 0.15) is 13.2 Å². The summed E-state index contributed by atoms with van der Waals surface area (Å²) in [6, 6.07) is 10.3. The van der Waals surface area contributed by atoms with Gasteiger partial charge in [-0.3, -0.25) is 0 Å². The van der Waals surface area contributed by atoms with Crippen molar-refractivity contribution in [3.05, 3.63) is 52.0 Å². The molecule has 0 aliphatic carbocycles. The minimum atomic E-state index is 0.549. The van der Waals surface area contributed by atoms with Crippen LogP contribution in [0.5, 0.6) is 11.5 Å². The Kier molecular flexibility index (Phi) is 3.93. The molecule has 0 saturated carbocycles. The van der Waals surface area contributed by atoms with Crippen LogP contribution in [0.2, 0.25) is 5.02 Å². The Labute approximate surface area is 129 Å². The van der Waals surface area contributed by atoms with Crippen molar-refractivity contribution < 1.29 is 9.47 Å². The summed E-state index contributed by atoms with van der Waals surface area (Å²) in [5, 5.41) is 4.01. The van der Waals surface area contributed by atoms with Crippen molar-refractivity contribution in [2.45, 2.75) is 20.4 Å². The number of fused-ring (bicyclic) bond motifs is 1. The van der Waals surface area contributed by atoms with Crippen molar-refractivity contribution in [3.63, 3.8) is 0 Å². The van der Waals surface area contributed by atoms with Crippen molar-refractivity contribution in [3.8, 4) is 11.5 Å². The van der Waals surface area contributed by atoms with Crippen LogP contribution in [0.25, 0.3) is 0 Å². The zero-order valence-corrected chi connectivity index (χ0v) is 13.0. The Hall–Kier alpha value is -1.87. The van der Waals surface area contributed by atoms with Gasteiger partial charge >= 0.3 is 0 Å². The highest BCUT2D eigenvalue weighted by molar-refractivity contribution is 6.32. The summed E-state index contributed by atoms with van der Waals surface area (Å²) in [6.45, 7) is 6.03. The van der Waals surface area contributed by atoms with Gasteiger partial charge in [-0.1, -0.05) is 17.7 Å². The summed E-state index contributed by atoms with van der Waals surface area (Å²) < 4.78 is 11.1. The number of nitrogens with one attached hydrogen (secondary N) is 1. The van der Waals surface area contributed by atoms with E-state index in [4.69, 9.17) is 21.1 Å². The summed E-state index contributed by atoms with van der Waals surface area (Å²) in [7, 11) is 0. The molecule has 110 valence electrons. The van der Waals surface area contributed by atoms with Gasteiger partial charge in [0.25, 0.3) is 0 Å². The molecule has 1 aliphatic heterocycles. The second-order valence-electron chi connectivity index (χ2n) is 5.25. The first-order valence-electron chi connectivity index (χ1n) is 7.02. The molecule has 0 radical (unpaired) electrons. The third-order valence-corrected chi connectivity index (χ3v) is 3.94. The molecule has 1 N–H and O–H groups in total. The standard InChI is InChI=1S/C17H18ClNO2/c1-11-3-4-14(7-12(11)2)19-10-13-8-15(18)17-16(9-13)20-5-6-21-17/h3-4,7-9,19H,5-6,10H2,1-2H3. The average molecular weight is 304 g/mol. The Morgan fingerprint density at radius 2 is 1.86 bits per heavy atom. The normalized spacial score (nSPS) is 13.1. The molecule has 0 amide bonds. The maximum atomic E-state index is 6.24. The molecular formula is C17H18ClNO2. The molecule has 0 unspecified atom stereocenters. The molecule has 4 heteroatoms. The van der Waals surface area contributed by atoms with Crippen LogP contribution in [0.15, 0.2) is 30.3 Å². The lowest BCUT2D eigenvalue weighted by Gasteiger charge is -2.20. The van der Waals surface area contributed by atoms with E-state index in [1.54, 1.807) is 0 Å². The van der Waals surface area contributed by atoms with E-state index < -0.39 is 0 Å². The average Bonchev–Trinajstić information content (AvgIpc) is 2.49. The van der Waals surface area contributed by atoms with Crippen LogP contribution in [0.4, 0.5) is 5.69 Å². The van der Waals surface area contributed by atoms with Gasteiger partial charge in [0.05, 0.1) is 5.02 Å². The van der Waals surface area contributed by atoms with Gasteiger partial charge < -0.3 is 14.8 Å². The van der Waals surface area contributed by atoms with E-state index in [-0.39, 0.29) is 0 Å². The summed E-state index contributed by atoms with van der Waals surface area (Å²) in [5.74, 6) is 1.38. The molecule has 2 aromatic carbocycles. The number of rotatable bonds is 3. The molecule has 2 aromatic rings. The zero-order chi connectivity index (χ0) is 14.8. The van der Waals surface area contributed by atoms with E-state index in [9.17, 15) is 0 Å². The van der Waals surface area contributed by atoms with Crippen LogP contribution in [0, 0.1) is 13.8 Å². The fraction of sp³-hybridized carbons (Fsp3) is 0.294. The Morgan fingerprint density at radius 3 is 2.67 bits per heavy atom. The number of hydrogen-bond acceptors (Lipinski definition) is 3. The van der Waals surface area contributed by atoms with Gasteiger partial charge in [-0.25, -0.2) is 0 Å². The molecule has 0 bridgehead atoms. The van der Waals surface area contributed by atoms with Crippen molar-refractivity contribution in [2.24, 2.45) is 0 Å². The Balaban J connectivity index is 1.76. The van der Waals surface area contributed by atoms with Gasteiger partial charge in [-0.15, -0.1) is 0 Å². The van der Waals surface area contributed by atoms with Gasteiger partial charge in [0.2, 0.25) is 0 Å². The molecule has 0 saturated heterocycles. The number of benzene rings is 2.